The van der Waals surface area contributed by atoms with Crippen molar-refractivity contribution in [1.82, 2.24) is 9.71 Å². The molecular weight excluding hydrogens is 412 g/mol. The third-order valence-electron chi connectivity index (χ3n) is 4.63. The van der Waals surface area contributed by atoms with Crippen molar-refractivity contribution in [2.75, 3.05) is 10.6 Å². The van der Waals surface area contributed by atoms with Gasteiger partial charge < -0.3 is 10.6 Å². The summed E-state index contributed by atoms with van der Waals surface area (Å²) in [5.41, 5.74) is 1.51. The monoisotopic (exact) mass is 436 g/mol. The van der Waals surface area contributed by atoms with Crippen LogP contribution >= 0.6 is 11.3 Å². The van der Waals surface area contributed by atoms with E-state index in [0.717, 1.165) is 25.0 Å². The first-order chi connectivity index (χ1) is 13.6. The second kappa shape index (κ2) is 8.60. The largest absolute Gasteiger partial charge is 0.326 e. The molecule has 2 amide bonds. The molecule has 10 heteroatoms. The third-order valence-corrected chi connectivity index (χ3v) is 7.22. The van der Waals surface area contributed by atoms with Crippen LogP contribution in [0.1, 0.15) is 37.8 Å². The van der Waals surface area contributed by atoms with Crippen LogP contribution in [-0.2, 0) is 32.5 Å². The minimum Gasteiger partial charge on any atom is -0.326 e. The van der Waals surface area contributed by atoms with Gasteiger partial charge in [-0.2, -0.15) is 4.72 Å². The molecule has 0 aliphatic heterocycles. The molecule has 8 nitrogen and oxygen atoms in total. The minimum atomic E-state index is -3.89. The predicted octanol–water partition coefficient (Wildman–Crippen LogP) is 2.53. The summed E-state index contributed by atoms with van der Waals surface area (Å²) < 4.78 is 27.4. The minimum absolute atomic E-state index is 0.00459. The van der Waals surface area contributed by atoms with Crippen molar-refractivity contribution >= 4 is 44.0 Å². The second-order valence-electron chi connectivity index (χ2n) is 7.27. The molecule has 3 rings (SSSR count). The number of carbonyl (C=O) groups excluding carboxylic acids is 2. The summed E-state index contributed by atoms with van der Waals surface area (Å²) >= 11 is 1.45. The topological polar surface area (TPSA) is 117 Å². The van der Waals surface area contributed by atoms with Crippen LogP contribution in [0.2, 0.25) is 0 Å². The lowest BCUT2D eigenvalue weighted by molar-refractivity contribution is -0.117. The van der Waals surface area contributed by atoms with Gasteiger partial charge in [0.05, 0.1) is 16.6 Å². The normalized spacial score (nSPS) is 17.3. The lowest BCUT2D eigenvalue weighted by Crippen LogP contribution is -2.41. The number of carbonyl (C=O) groups is 2. The number of amides is 2. The molecule has 0 unspecified atom stereocenters. The third kappa shape index (κ3) is 5.40. The van der Waals surface area contributed by atoms with Gasteiger partial charge >= 0.3 is 0 Å². The fraction of sp³-hybridized carbons (Fsp3) is 0.421. The number of aryl methyl sites for hydroxylation is 1. The zero-order chi connectivity index (χ0) is 21.2. The fourth-order valence-electron chi connectivity index (χ4n) is 3.08. The summed E-state index contributed by atoms with van der Waals surface area (Å²) in [6, 6.07) is 4.74. The SMILES string of the molecule is CC(=O)Nc1ccc(S(=O)(=O)N[C@@H](C)C(=O)Nc2nc3c(s2)C[C@H](C)CC3)cc1. The van der Waals surface area contributed by atoms with Gasteiger partial charge in [-0.1, -0.05) is 6.92 Å². The average molecular weight is 437 g/mol. The van der Waals surface area contributed by atoms with E-state index in [1.165, 1.54) is 54.3 Å². The zero-order valence-corrected chi connectivity index (χ0v) is 18.1. The lowest BCUT2D eigenvalue weighted by Gasteiger charge is -2.15. The number of anilines is 2. The number of rotatable bonds is 6. The van der Waals surface area contributed by atoms with Crippen LogP contribution in [0.25, 0.3) is 0 Å². The maximum absolute atomic E-state index is 12.5. The molecule has 2 atom stereocenters. The molecule has 0 saturated heterocycles. The molecule has 1 aliphatic rings. The number of hydrogen-bond donors (Lipinski definition) is 3. The predicted molar refractivity (Wildman–Crippen MR) is 112 cm³/mol. The smallest absolute Gasteiger partial charge is 0.244 e. The van der Waals surface area contributed by atoms with Crippen LogP contribution in [0.5, 0.6) is 0 Å². The molecule has 29 heavy (non-hydrogen) atoms. The second-order valence-corrected chi connectivity index (χ2v) is 10.1. The highest BCUT2D eigenvalue weighted by atomic mass is 32.2. The number of aromatic nitrogens is 1. The highest BCUT2D eigenvalue weighted by Gasteiger charge is 2.24. The Kier molecular flexibility index (Phi) is 6.35. The quantitative estimate of drug-likeness (QED) is 0.643. The number of benzene rings is 1. The van der Waals surface area contributed by atoms with Crippen molar-refractivity contribution in [3.05, 3.63) is 34.8 Å². The average Bonchev–Trinajstić information content (AvgIpc) is 3.02. The van der Waals surface area contributed by atoms with Crippen LogP contribution in [0, 0.1) is 5.92 Å². The van der Waals surface area contributed by atoms with E-state index in [1.807, 2.05) is 0 Å². The van der Waals surface area contributed by atoms with Crippen LogP contribution in [0.15, 0.2) is 29.2 Å². The Morgan fingerprint density at radius 3 is 2.55 bits per heavy atom. The Morgan fingerprint density at radius 2 is 1.90 bits per heavy atom. The van der Waals surface area contributed by atoms with E-state index in [2.05, 4.69) is 27.3 Å². The van der Waals surface area contributed by atoms with E-state index in [1.54, 1.807) is 0 Å². The molecule has 1 aromatic heterocycles. The van der Waals surface area contributed by atoms with Gasteiger partial charge in [-0.05, 0) is 56.4 Å². The summed E-state index contributed by atoms with van der Waals surface area (Å²) in [7, 11) is -3.89. The van der Waals surface area contributed by atoms with E-state index in [9.17, 15) is 18.0 Å². The first-order valence-electron chi connectivity index (χ1n) is 9.33. The number of thiazole rings is 1. The lowest BCUT2D eigenvalue weighted by atomic mass is 9.93. The standard InChI is InChI=1S/C19H24N4O4S2/c1-11-4-9-16-17(10-11)28-19(21-16)22-18(25)12(2)23-29(26,27)15-7-5-14(6-8-15)20-13(3)24/h5-8,11-12,23H,4,9-10H2,1-3H3,(H,20,24)(H,21,22,25)/t11-,12+/m1/s1. The van der Waals surface area contributed by atoms with Crippen molar-refractivity contribution in [1.29, 1.82) is 0 Å². The summed E-state index contributed by atoms with van der Waals surface area (Å²) in [6.07, 6.45) is 2.94. The van der Waals surface area contributed by atoms with E-state index in [0.29, 0.717) is 16.7 Å². The maximum atomic E-state index is 12.5. The van der Waals surface area contributed by atoms with Crippen molar-refractivity contribution < 1.29 is 18.0 Å². The van der Waals surface area contributed by atoms with E-state index < -0.39 is 22.0 Å². The van der Waals surface area contributed by atoms with Crippen LogP contribution < -0.4 is 15.4 Å². The number of nitrogens with one attached hydrogen (secondary N) is 3. The molecule has 0 saturated carbocycles. The van der Waals surface area contributed by atoms with Gasteiger partial charge in [-0.15, -0.1) is 11.3 Å². The van der Waals surface area contributed by atoms with Gasteiger partial charge in [0, 0.05) is 17.5 Å². The van der Waals surface area contributed by atoms with Crippen molar-refractivity contribution in [3.8, 4) is 0 Å². The highest BCUT2D eigenvalue weighted by Crippen LogP contribution is 2.32. The van der Waals surface area contributed by atoms with Crippen molar-refractivity contribution in [2.45, 2.75) is 51.0 Å². The molecule has 0 spiro atoms. The van der Waals surface area contributed by atoms with Gasteiger partial charge in [0.25, 0.3) is 0 Å². The van der Waals surface area contributed by atoms with E-state index >= 15 is 0 Å². The number of fused-ring (bicyclic) bond motifs is 1. The molecule has 1 aliphatic carbocycles. The van der Waals surface area contributed by atoms with E-state index in [4.69, 9.17) is 0 Å². The Bertz CT molecular complexity index is 1020. The Balaban J connectivity index is 1.63. The highest BCUT2D eigenvalue weighted by molar-refractivity contribution is 7.89. The molecule has 3 N–H and O–H groups in total. The first-order valence-corrected chi connectivity index (χ1v) is 11.6. The van der Waals surface area contributed by atoms with Crippen molar-refractivity contribution in [3.63, 3.8) is 0 Å². The van der Waals surface area contributed by atoms with Gasteiger partial charge in [0.15, 0.2) is 5.13 Å². The molecule has 2 aromatic rings. The van der Waals surface area contributed by atoms with Crippen LogP contribution in [-0.4, -0.2) is 31.3 Å². The van der Waals surface area contributed by atoms with Crippen molar-refractivity contribution in [2.24, 2.45) is 5.92 Å². The molecule has 156 valence electrons. The molecule has 0 radical (unpaired) electrons. The number of nitrogens with zero attached hydrogens (tertiary/aromatic N) is 1. The zero-order valence-electron chi connectivity index (χ0n) is 16.5. The van der Waals surface area contributed by atoms with Crippen LogP contribution in [0.3, 0.4) is 0 Å². The summed E-state index contributed by atoms with van der Waals surface area (Å²) in [6.45, 7) is 5.04. The molecule has 1 heterocycles. The fourth-order valence-corrected chi connectivity index (χ4v) is 5.46. The Labute approximate surface area is 174 Å². The van der Waals surface area contributed by atoms with E-state index in [-0.39, 0.29) is 10.8 Å². The van der Waals surface area contributed by atoms with Gasteiger partial charge in [-0.25, -0.2) is 13.4 Å². The Hall–Kier alpha value is -2.30. The number of sulfonamides is 1. The van der Waals surface area contributed by atoms with Crippen LogP contribution in [0.4, 0.5) is 10.8 Å². The van der Waals surface area contributed by atoms with Gasteiger partial charge in [0.1, 0.15) is 0 Å². The molecular formula is C19H24N4O4S2. The first kappa shape index (κ1) is 21.4. The van der Waals surface area contributed by atoms with Gasteiger partial charge in [-0.3, -0.25) is 9.59 Å². The summed E-state index contributed by atoms with van der Waals surface area (Å²) in [4.78, 5) is 29.2. The summed E-state index contributed by atoms with van der Waals surface area (Å²) in [5.74, 6) is -0.112. The number of hydrogen-bond acceptors (Lipinski definition) is 6. The summed E-state index contributed by atoms with van der Waals surface area (Å²) in [5, 5.41) is 5.78. The molecule has 0 fully saturated rings. The Morgan fingerprint density at radius 1 is 1.21 bits per heavy atom. The molecule has 1 aromatic carbocycles. The van der Waals surface area contributed by atoms with Gasteiger partial charge in [0.2, 0.25) is 21.8 Å². The maximum Gasteiger partial charge on any atom is 0.244 e. The molecule has 0 bridgehead atoms.